The number of hydrogen-bond donors (Lipinski definition) is 1. The molecule has 0 radical (unpaired) electrons. The highest BCUT2D eigenvalue weighted by Gasteiger charge is 2.22. The minimum Gasteiger partial charge on any atom is -0.369 e. The van der Waals surface area contributed by atoms with Crippen LogP contribution in [0.4, 0.5) is 5.82 Å². The van der Waals surface area contributed by atoms with E-state index in [9.17, 15) is 0 Å². The van der Waals surface area contributed by atoms with Gasteiger partial charge in [-0.3, -0.25) is 0 Å². The Morgan fingerprint density at radius 2 is 1.89 bits per heavy atom. The van der Waals surface area contributed by atoms with Crippen LogP contribution in [0.5, 0.6) is 0 Å². The molecule has 1 aromatic heterocycles. The zero-order valence-corrected chi connectivity index (χ0v) is 11.6. The molecule has 18 heavy (non-hydrogen) atoms. The Labute approximate surface area is 109 Å². The zero-order chi connectivity index (χ0) is 13.2. The second kappa shape index (κ2) is 4.92. The number of nitrogens with zero attached hydrogens (tertiary/aromatic N) is 2. The summed E-state index contributed by atoms with van der Waals surface area (Å²) in [7, 11) is 0. The van der Waals surface area contributed by atoms with Crippen molar-refractivity contribution in [2.24, 2.45) is 11.3 Å². The van der Waals surface area contributed by atoms with Crippen LogP contribution in [0.2, 0.25) is 0 Å². The van der Waals surface area contributed by atoms with Crippen LogP contribution < -0.4 is 5.32 Å². The molecule has 0 saturated carbocycles. The van der Waals surface area contributed by atoms with Gasteiger partial charge in [0, 0.05) is 11.9 Å². The van der Waals surface area contributed by atoms with Crippen molar-refractivity contribution in [3.8, 4) is 0 Å². The minimum absolute atomic E-state index is 0.242. The second-order valence-corrected chi connectivity index (χ2v) is 5.74. The largest absolute Gasteiger partial charge is 0.369 e. The molecule has 0 amide bonds. The molecular weight excluding hydrogens is 222 g/mol. The topological polar surface area (TPSA) is 37.8 Å². The fourth-order valence-electron chi connectivity index (χ4n) is 1.66. The molecule has 96 valence electrons. The third-order valence-corrected chi connectivity index (χ3v) is 3.82. The Morgan fingerprint density at radius 3 is 2.61 bits per heavy atom. The molecule has 1 heterocycles. The Balaban J connectivity index is 2.22. The SMILES string of the molecule is CC(C)C(C)(C)CNc1ncnc2ccccc12. The third kappa shape index (κ3) is 2.61. The molecule has 0 aliphatic carbocycles. The number of rotatable bonds is 4. The monoisotopic (exact) mass is 243 g/mol. The lowest BCUT2D eigenvalue weighted by Gasteiger charge is -2.29. The van der Waals surface area contributed by atoms with Crippen molar-refractivity contribution in [3.05, 3.63) is 30.6 Å². The standard InChI is InChI=1S/C15H21N3/c1-11(2)15(3,4)9-16-14-12-7-5-6-8-13(12)17-10-18-14/h5-8,10-11H,9H2,1-4H3,(H,16,17,18). The Bertz CT molecular complexity index is 527. The van der Waals surface area contributed by atoms with E-state index in [-0.39, 0.29) is 5.41 Å². The minimum atomic E-state index is 0.242. The van der Waals surface area contributed by atoms with E-state index in [0.717, 1.165) is 23.3 Å². The first-order chi connectivity index (χ1) is 8.50. The summed E-state index contributed by atoms with van der Waals surface area (Å²) in [5.41, 5.74) is 1.23. The summed E-state index contributed by atoms with van der Waals surface area (Å²) in [4.78, 5) is 8.62. The predicted molar refractivity (Wildman–Crippen MR) is 76.6 cm³/mol. The normalized spacial score (nSPS) is 12.1. The maximum atomic E-state index is 4.35. The average Bonchev–Trinajstić information content (AvgIpc) is 2.36. The van der Waals surface area contributed by atoms with Gasteiger partial charge in [0.2, 0.25) is 0 Å². The van der Waals surface area contributed by atoms with Crippen LogP contribution >= 0.6 is 0 Å². The molecule has 0 spiro atoms. The van der Waals surface area contributed by atoms with Gasteiger partial charge >= 0.3 is 0 Å². The Morgan fingerprint density at radius 1 is 1.17 bits per heavy atom. The fraction of sp³-hybridized carbons (Fsp3) is 0.467. The van der Waals surface area contributed by atoms with Crippen LogP contribution in [0.15, 0.2) is 30.6 Å². The summed E-state index contributed by atoms with van der Waals surface area (Å²) in [6.07, 6.45) is 1.62. The molecule has 1 aromatic carbocycles. The number of benzene rings is 1. The lowest BCUT2D eigenvalue weighted by atomic mass is 9.81. The molecule has 3 nitrogen and oxygen atoms in total. The first-order valence-electron chi connectivity index (χ1n) is 6.44. The molecule has 2 rings (SSSR count). The van der Waals surface area contributed by atoms with Gasteiger partial charge in [-0.05, 0) is 23.5 Å². The number of para-hydroxylation sites is 1. The molecule has 3 heteroatoms. The van der Waals surface area contributed by atoms with Gasteiger partial charge in [0.15, 0.2) is 0 Å². The van der Waals surface area contributed by atoms with Crippen LogP contribution in [-0.4, -0.2) is 16.5 Å². The molecular formula is C15H21N3. The summed E-state index contributed by atoms with van der Waals surface area (Å²) in [5.74, 6) is 1.55. The smallest absolute Gasteiger partial charge is 0.137 e. The van der Waals surface area contributed by atoms with E-state index in [1.165, 1.54) is 0 Å². The number of fused-ring (bicyclic) bond motifs is 1. The van der Waals surface area contributed by atoms with Crippen molar-refractivity contribution in [2.75, 3.05) is 11.9 Å². The van der Waals surface area contributed by atoms with Gasteiger partial charge < -0.3 is 5.32 Å². The van der Waals surface area contributed by atoms with Crippen molar-refractivity contribution in [3.63, 3.8) is 0 Å². The summed E-state index contributed by atoms with van der Waals surface area (Å²) in [5, 5.41) is 4.54. The molecule has 0 aliphatic heterocycles. The van der Waals surface area contributed by atoms with E-state index < -0.39 is 0 Å². The van der Waals surface area contributed by atoms with Crippen LogP contribution in [-0.2, 0) is 0 Å². The van der Waals surface area contributed by atoms with Crippen LogP contribution in [0.1, 0.15) is 27.7 Å². The number of anilines is 1. The van der Waals surface area contributed by atoms with Gasteiger partial charge in [0.1, 0.15) is 12.1 Å². The molecule has 0 atom stereocenters. The second-order valence-electron chi connectivity index (χ2n) is 5.74. The summed E-state index contributed by atoms with van der Waals surface area (Å²) >= 11 is 0. The highest BCUT2D eigenvalue weighted by molar-refractivity contribution is 5.88. The van der Waals surface area contributed by atoms with Crippen molar-refractivity contribution in [1.82, 2.24) is 9.97 Å². The average molecular weight is 243 g/mol. The van der Waals surface area contributed by atoms with E-state index in [4.69, 9.17) is 0 Å². The van der Waals surface area contributed by atoms with E-state index in [2.05, 4.69) is 49.0 Å². The fourth-order valence-corrected chi connectivity index (χ4v) is 1.66. The Hall–Kier alpha value is -1.64. The lowest BCUT2D eigenvalue weighted by molar-refractivity contribution is 0.269. The van der Waals surface area contributed by atoms with Gasteiger partial charge in [0.05, 0.1) is 5.52 Å². The summed E-state index contributed by atoms with van der Waals surface area (Å²) < 4.78 is 0. The van der Waals surface area contributed by atoms with Gasteiger partial charge in [-0.25, -0.2) is 9.97 Å². The third-order valence-electron chi connectivity index (χ3n) is 3.82. The number of nitrogens with one attached hydrogen (secondary N) is 1. The first kappa shape index (κ1) is 12.8. The highest BCUT2D eigenvalue weighted by atomic mass is 15.0. The van der Waals surface area contributed by atoms with Gasteiger partial charge in [-0.2, -0.15) is 0 Å². The molecule has 0 bridgehead atoms. The molecule has 2 aromatic rings. The maximum Gasteiger partial charge on any atom is 0.137 e. The van der Waals surface area contributed by atoms with Gasteiger partial charge in [0.25, 0.3) is 0 Å². The van der Waals surface area contributed by atoms with Gasteiger partial charge in [-0.15, -0.1) is 0 Å². The van der Waals surface area contributed by atoms with Crippen molar-refractivity contribution in [1.29, 1.82) is 0 Å². The predicted octanol–water partition coefficient (Wildman–Crippen LogP) is 3.72. The molecule has 0 saturated heterocycles. The summed E-state index contributed by atoms with van der Waals surface area (Å²) in [6.45, 7) is 9.95. The molecule has 0 aliphatic rings. The van der Waals surface area contributed by atoms with E-state index in [1.54, 1.807) is 6.33 Å². The van der Waals surface area contributed by atoms with E-state index in [0.29, 0.717) is 5.92 Å². The maximum absolute atomic E-state index is 4.35. The van der Waals surface area contributed by atoms with Crippen molar-refractivity contribution >= 4 is 16.7 Å². The van der Waals surface area contributed by atoms with Crippen LogP contribution in [0, 0.1) is 11.3 Å². The quantitative estimate of drug-likeness (QED) is 0.889. The van der Waals surface area contributed by atoms with Crippen LogP contribution in [0.25, 0.3) is 10.9 Å². The Kier molecular flexibility index (Phi) is 3.50. The van der Waals surface area contributed by atoms with E-state index in [1.807, 2.05) is 18.2 Å². The van der Waals surface area contributed by atoms with Crippen molar-refractivity contribution in [2.45, 2.75) is 27.7 Å². The van der Waals surface area contributed by atoms with E-state index >= 15 is 0 Å². The number of hydrogen-bond acceptors (Lipinski definition) is 3. The molecule has 0 unspecified atom stereocenters. The lowest BCUT2D eigenvalue weighted by Crippen LogP contribution is -2.28. The molecule has 1 N–H and O–H groups in total. The van der Waals surface area contributed by atoms with Crippen LogP contribution in [0.3, 0.4) is 0 Å². The summed E-state index contributed by atoms with van der Waals surface area (Å²) in [6, 6.07) is 8.08. The van der Waals surface area contributed by atoms with Gasteiger partial charge in [-0.1, -0.05) is 39.8 Å². The van der Waals surface area contributed by atoms with Crippen molar-refractivity contribution < 1.29 is 0 Å². The zero-order valence-electron chi connectivity index (χ0n) is 11.6. The molecule has 0 fully saturated rings. The highest BCUT2D eigenvalue weighted by Crippen LogP contribution is 2.27. The number of aromatic nitrogens is 2. The first-order valence-corrected chi connectivity index (χ1v) is 6.44.